The molecule has 0 aromatic heterocycles. The highest BCUT2D eigenvalue weighted by molar-refractivity contribution is 8.30. The van der Waals surface area contributed by atoms with Crippen LogP contribution in [0.1, 0.15) is 0 Å². The summed E-state index contributed by atoms with van der Waals surface area (Å²) >= 11 is 0. The van der Waals surface area contributed by atoms with Crippen LogP contribution in [0.3, 0.4) is 0 Å². The van der Waals surface area contributed by atoms with Gasteiger partial charge in [-0.05, 0) is 10.8 Å². The molecule has 0 fully saturated rings. The largest absolute Gasteiger partial charge is 0.473 e. The Morgan fingerprint density at radius 1 is 1.67 bits per heavy atom. The van der Waals surface area contributed by atoms with Crippen LogP contribution in [0, 0.1) is 0 Å². The summed E-state index contributed by atoms with van der Waals surface area (Å²) in [5.74, 6) is 0. The quantitative estimate of drug-likeness (QED) is 0.519. The zero-order valence-electron chi connectivity index (χ0n) is 4.52. The lowest BCUT2D eigenvalue weighted by Crippen LogP contribution is -1.90. The molecule has 0 spiro atoms. The first-order valence-electron chi connectivity index (χ1n) is 2.29. The summed E-state index contributed by atoms with van der Waals surface area (Å²) in [5, 5.41) is 10.7. The van der Waals surface area contributed by atoms with E-state index < -0.39 is 15.8 Å². The number of rotatable bonds is 0. The van der Waals surface area contributed by atoms with E-state index in [0.717, 1.165) is 0 Å². The molecule has 1 heterocycles. The summed E-state index contributed by atoms with van der Waals surface area (Å²) in [6.45, 7) is 0. The molecule has 1 rings (SSSR count). The van der Waals surface area contributed by atoms with Crippen LogP contribution < -0.4 is 0 Å². The third kappa shape index (κ3) is 1.50. The summed E-state index contributed by atoms with van der Waals surface area (Å²) in [4.78, 5) is 13.9. The lowest BCUT2D eigenvalue weighted by molar-refractivity contribution is 0.222. The van der Waals surface area contributed by atoms with E-state index in [1.54, 1.807) is 10.8 Å². The molecule has 4 heteroatoms. The summed E-state index contributed by atoms with van der Waals surface area (Å²) in [6, 6.07) is 0. The highest BCUT2D eigenvalue weighted by Gasteiger charge is 1.99. The minimum absolute atomic E-state index is 0.735. The number of nitrogens with zero attached hydrogens (tertiary/aromatic N) is 1. The van der Waals surface area contributed by atoms with Crippen molar-refractivity contribution < 1.29 is 9.90 Å². The third-order valence-corrected chi connectivity index (χ3v) is 2.02. The fourth-order valence-corrected chi connectivity index (χ4v) is 1.14. The van der Waals surface area contributed by atoms with Crippen molar-refractivity contribution in [2.45, 2.75) is 0 Å². The average molecular weight is 143 g/mol. The zero-order chi connectivity index (χ0) is 6.69. The molecule has 0 amide bonds. The molecule has 48 valence electrons. The van der Waals surface area contributed by atoms with Crippen LogP contribution in [0.5, 0.6) is 0 Å². The predicted molar refractivity (Wildman–Crippen MR) is 39.3 cm³/mol. The van der Waals surface area contributed by atoms with Crippen LogP contribution in [0.25, 0.3) is 0 Å². The molecule has 1 N–H and O–H groups in total. The number of hydrogen-bond acceptors (Lipinski definition) is 2. The Morgan fingerprint density at radius 3 is 2.78 bits per heavy atom. The van der Waals surface area contributed by atoms with Gasteiger partial charge in [0.05, 0.1) is 0 Å². The molecule has 0 aromatic rings. The van der Waals surface area contributed by atoms with E-state index in [2.05, 4.69) is 4.99 Å². The monoisotopic (exact) mass is 143 g/mol. The molecule has 0 aliphatic carbocycles. The maximum atomic E-state index is 10.2. The second-order valence-corrected chi connectivity index (χ2v) is 2.99. The van der Waals surface area contributed by atoms with Crippen LogP contribution in [0.2, 0.25) is 0 Å². The van der Waals surface area contributed by atoms with Crippen molar-refractivity contribution >= 4 is 27.4 Å². The fraction of sp³-hybridized carbons (Fsp3) is 0. The molecular weight excluding hydrogens is 138 g/mol. The van der Waals surface area contributed by atoms with Gasteiger partial charge in [-0.1, -0.05) is 10.5 Å². The van der Waals surface area contributed by atoms with Gasteiger partial charge < -0.3 is 5.11 Å². The van der Waals surface area contributed by atoms with Crippen LogP contribution in [-0.4, -0.2) is 22.0 Å². The maximum absolute atomic E-state index is 10.2. The molecule has 1 aliphatic heterocycles. The Morgan fingerprint density at radius 2 is 2.44 bits per heavy atom. The smallest absolute Gasteiger partial charge is 0.363 e. The van der Waals surface area contributed by atoms with Crippen molar-refractivity contribution in [2.24, 2.45) is 4.99 Å². The lowest BCUT2D eigenvalue weighted by Gasteiger charge is -1.94. The van der Waals surface area contributed by atoms with Crippen LogP contribution >= 0.6 is 10.5 Å². The van der Waals surface area contributed by atoms with E-state index in [1.807, 2.05) is 0 Å². The molecule has 1 atom stereocenters. The van der Waals surface area contributed by atoms with Gasteiger partial charge in [-0.25, -0.2) is 4.79 Å². The molecule has 0 bridgehead atoms. The van der Waals surface area contributed by atoms with Gasteiger partial charge in [0.25, 0.3) is 0 Å². The maximum Gasteiger partial charge on any atom is 0.363 e. The van der Waals surface area contributed by atoms with E-state index in [9.17, 15) is 4.79 Å². The highest BCUT2D eigenvalue weighted by atomic mass is 32.2. The predicted octanol–water partition coefficient (Wildman–Crippen LogP) is 1.29. The Kier molecular flexibility index (Phi) is 1.79. The molecule has 3 nitrogen and oxygen atoms in total. The van der Waals surface area contributed by atoms with Gasteiger partial charge in [0.2, 0.25) is 0 Å². The second kappa shape index (κ2) is 2.59. The summed E-state index contributed by atoms with van der Waals surface area (Å²) < 4.78 is 0. The zero-order valence-corrected chi connectivity index (χ0v) is 5.34. The topological polar surface area (TPSA) is 49.7 Å². The molecule has 9 heavy (non-hydrogen) atoms. The SMILES string of the molecule is O=C(O)S1=CC=NC=C1. The van der Waals surface area contributed by atoms with E-state index in [-0.39, 0.29) is 0 Å². The first kappa shape index (κ1) is 6.22. The lowest BCUT2D eigenvalue weighted by atomic mass is 10.8. The molecule has 1 unspecified atom stereocenters. The van der Waals surface area contributed by atoms with Crippen LogP contribution in [0.4, 0.5) is 4.79 Å². The van der Waals surface area contributed by atoms with Gasteiger partial charge in [0, 0.05) is 12.4 Å². The Balaban J connectivity index is 2.84. The van der Waals surface area contributed by atoms with Gasteiger partial charge in [-0.2, -0.15) is 0 Å². The van der Waals surface area contributed by atoms with E-state index in [1.165, 1.54) is 12.4 Å². The standard InChI is InChI=1S/C5H5NO2S/c7-5(8)9-3-1-6-2-4-9/h1-4H,(H,7,8). The highest BCUT2D eigenvalue weighted by Crippen LogP contribution is 2.15. The van der Waals surface area contributed by atoms with Crippen molar-refractivity contribution in [3.63, 3.8) is 0 Å². The number of hydrogen-bond donors (Lipinski definition) is 1. The minimum Gasteiger partial charge on any atom is -0.473 e. The van der Waals surface area contributed by atoms with Crippen molar-refractivity contribution in [3.8, 4) is 0 Å². The summed E-state index contributed by atoms with van der Waals surface area (Å²) in [5.41, 5.74) is 0. The van der Waals surface area contributed by atoms with Crippen LogP contribution in [0.15, 0.2) is 16.6 Å². The fourth-order valence-electron chi connectivity index (χ4n) is 0.413. The van der Waals surface area contributed by atoms with Crippen molar-refractivity contribution in [1.29, 1.82) is 0 Å². The second-order valence-electron chi connectivity index (χ2n) is 1.36. The number of carbonyl (C=O) groups is 1. The van der Waals surface area contributed by atoms with Crippen LogP contribution in [-0.2, 0) is 0 Å². The van der Waals surface area contributed by atoms with E-state index in [0.29, 0.717) is 0 Å². The number of carboxylic acid groups (broad SMARTS) is 1. The molecule has 0 radical (unpaired) electrons. The van der Waals surface area contributed by atoms with E-state index in [4.69, 9.17) is 5.11 Å². The Hall–Kier alpha value is -0.900. The normalized spacial score (nSPS) is 23.3. The molecule has 0 aromatic carbocycles. The van der Waals surface area contributed by atoms with Gasteiger partial charge in [-0.3, -0.25) is 4.99 Å². The number of aliphatic imine (C=N–C) groups is 1. The van der Waals surface area contributed by atoms with Crippen molar-refractivity contribution in [3.05, 3.63) is 11.6 Å². The Labute approximate surface area is 54.6 Å². The Bertz CT molecular complexity index is 217. The molecule has 1 aliphatic rings. The first-order valence-corrected chi connectivity index (χ1v) is 3.64. The molecular formula is C5H5NO2S. The average Bonchev–Trinajstić information content (AvgIpc) is 1.90. The first-order chi connectivity index (χ1) is 4.30. The van der Waals surface area contributed by atoms with E-state index >= 15 is 0 Å². The minimum atomic E-state index is -0.808. The van der Waals surface area contributed by atoms with Gasteiger partial charge >= 0.3 is 5.30 Å². The molecule has 0 saturated carbocycles. The van der Waals surface area contributed by atoms with Crippen molar-refractivity contribution in [2.75, 3.05) is 0 Å². The van der Waals surface area contributed by atoms with Gasteiger partial charge in [0.15, 0.2) is 0 Å². The third-order valence-electron chi connectivity index (χ3n) is 0.789. The summed E-state index contributed by atoms with van der Waals surface area (Å²) in [7, 11) is -0.735. The molecule has 0 saturated heterocycles. The van der Waals surface area contributed by atoms with Crippen molar-refractivity contribution in [1.82, 2.24) is 0 Å². The van der Waals surface area contributed by atoms with Gasteiger partial charge in [-0.15, -0.1) is 0 Å². The summed E-state index contributed by atoms with van der Waals surface area (Å²) in [6.07, 6.45) is 2.99. The van der Waals surface area contributed by atoms with Gasteiger partial charge in [0.1, 0.15) is 0 Å².